The molecule has 2 N–H and O–H groups in total. The molecule has 0 heterocycles. The molecule has 2 nitrogen and oxygen atoms in total. The van der Waals surface area contributed by atoms with Crippen LogP contribution in [0.1, 0.15) is 18.1 Å². The number of hydrogen-bond donors (Lipinski definition) is 1. The van der Waals surface area contributed by atoms with Gasteiger partial charge in [-0.15, -0.1) is 0 Å². The van der Waals surface area contributed by atoms with Crippen molar-refractivity contribution in [3.63, 3.8) is 0 Å². The molecular formula is C11H17NO. The molecule has 72 valence electrons. The van der Waals surface area contributed by atoms with E-state index in [2.05, 4.69) is 31.2 Å². The number of rotatable bonds is 4. The molecule has 0 spiro atoms. The van der Waals surface area contributed by atoms with E-state index in [4.69, 9.17) is 10.5 Å². The van der Waals surface area contributed by atoms with Gasteiger partial charge in [-0.1, -0.05) is 29.8 Å². The molecule has 2 heteroatoms. The smallest absolute Gasteiger partial charge is 0.0721 e. The van der Waals surface area contributed by atoms with E-state index >= 15 is 0 Å². The summed E-state index contributed by atoms with van der Waals surface area (Å²) in [5.74, 6) is 0. The van der Waals surface area contributed by atoms with Crippen LogP contribution in [0.15, 0.2) is 24.3 Å². The molecule has 0 aliphatic rings. The fourth-order valence-electron chi connectivity index (χ4n) is 0.991. The highest BCUT2D eigenvalue weighted by atomic mass is 16.5. The highest BCUT2D eigenvalue weighted by Gasteiger charge is 1.98. The van der Waals surface area contributed by atoms with Gasteiger partial charge in [-0.2, -0.15) is 0 Å². The first-order valence-electron chi connectivity index (χ1n) is 4.59. The van der Waals surface area contributed by atoms with Crippen LogP contribution in [0.25, 0.3) is 0 Å². The van der Waals surface area contributed by atoms with Crippen LogP contribution in [-0.2, 0) is 11.3 Å². The first-order chi connectivity index (χ1) is 6.22. The summed E-state index contributed by atoms with van der Waals surface area (Å²) < 4.78 is 5.49. The van der Waals surface area contributed by atoms with Crippen molar-refractivity contribution in [3.05, 3.63) is 35.4 Å². The lowest BCUT2D eigenvalue weighted by Crippen LogP contribution is -2.19. The van der Waals surface area contributed by atoms with Crippen LogP contribution >= 0.6 is 0 Å². The SMILES string of the molecule is Cc1ccc(CO[C@@H](C)CN)cc1. The molecule has 1 aromatic carbocycles. The third-order valence-electron chi connectivity index (χ3n) is 1.99. The van der Waals surface area contributed by atoms with E-state index in [-0.39, 0.29) is 6.10 Å². The Bertz CT molecular complexity index is 243. The molecule has 0 amide bonds. The highest BCUT2D eigenvalue weighted by molar-refractivity contribution is 5.20. The Balaban J connectivity index is 2.41. The van der Waals surface area contributed by atoms with E-state index < -0.39 is 0 Å². The van der Waals surface area contributed by atoms with Crippen LogP contribution in [0, 0.1) is 6.92 Å². The van der Waals surface area contributed by atoms with Crippen molar-refractivity contribution in [2.75, 3.05) is 6.54 Å². The Labute approximate surface area is 79.7 Å². The van der Waals surface area contributed by atoms with Gasteiger partial charge < -0.3 is 10.5 Å². The second-order valence-corrected chi connectivity index (χ2v) is 3.34. The van der Waals surface area contributed by atoms with Gasteiger partial charge in [-0.3, -0.25) is 0 Å². The lowest BCUT2D eigenvalue weighted by atomic mass is 10.2. The van der Waals surface area contributed by atoms with E-state index in [0.29, 0.717) is 13.2 Å². The van der Waals surface area contributed by atoms with Crippen molar-refractivity contribution < 1.29 is 4.74 Å². The van der Waals surface area contributed by atoms with Gasteiger partial charge in [0.1, 0.15) is 0 Å². The minimum absolute atomic E-state index is 0.140. The quantitative estimate of drug-likeness (QED) is 0.765. The summed E-state index contributed by atoms with van der Waals surface area (Å²) in [6, 6.07) is 8.34. The third-order valence-corrected chi connectivity index (χ3v) is 1.99. The predicted octanol–water partition coefficient (Wildman–Crippen LogP) is 1.86. The molecule has 0 bridgehead atoms. The van der Waals surface area contributed by atoms with Gasteiger partial charge in [0.05, 0.1) is 12.7 Å². The Morgan fingerprint density at radius 2 is 1.92 bits per heavy atom. The monoisotopic (exact) mass is 179 g/mol. The highest BCUT2D eigenvalue weighted by Crippen LogP contribution is 2.05. The van der Waals surface area contributed by atoms with E-state index in [1.54, 1.807) is 0 Å². The Hall–Kier alpha value is -0.860. The lowest BCUT2D eigenvalue weighted by Gasteiger charge is -2.10. The van der Waals surface area contributed by atoms with Gasteiger partial charge >= 0.3 is 0 Å². The van der Waals surface area contributed by atoms with Gasteiger partial charge in [0.2, 0.25) is 0 Å². The largest absolute Gasteiger partial charge is 0.373 e. The third kappa shape index (κ3) is 3.57. The molecule has 0 aliphatic heterocycles. The Kier molecular flexibility index (Phi) is 3.93. The van der Waals surface area contributed by atoms with E-state index in [1.165, 1.54) is 11.1 Å². The predicted molar refractivity (Wildman–Crippen MR) is 54.5 cm³/mol. The van der Waals surface area contributed by atoms with E-state index in [1.807, 2.05) is 6.92 Å². The number of nitrogens with two attached hydrogens (primary N) is 1. The van der Waals surface area contributed by atoms with Crippen molar-refractivity contribution in [2.45, 2.75) is 26.6 Å². The summed E-state index contributed by atoms with van der Waals surface area (Å²) >= 11 is 0. The molecule has 0 saturated heterocycles. The maximum absolute atomic E-state index is 5.49. The van der Waals surface area contributed by atoms with Crippen LogP contribution in [0.2, 0.25) is 0 Å². The van der Waals surface area contributed by atoms with Crippen molar-refractivity contribution in [1.82, 2.24) is 0 Å². The van der Waals surface area contributed by atoms with Crippen molar-refractivity contribution >= 4 is 0 Å². The normalized spacial score (nSPS) is 12.8. The van der Waals surface area contributed by atoms with E-state index in [0.717, 1.165) is 0 Å². The topological polar surface area (TPSA) is 35.2 Å². The summed E-state index contributed by atoms with van der Waals surface area (Å²) in [5.41, 5.74) is 7.91. The van der Waals surface area contributed by atoms with Gasteiger partial charge in [-0.25, -0.2) is 0 Å². The van der Waals surface area contributed by atoms with Gasteiger partial charge in [0.25, 0.3) is 0 Å². The summed E-state index contributed by atoms with van der Waals surface area (Å²) in [7, 11) is 0. The van der Waals surface area contributed by atoms with Gasteiger partial charge in [-0.05, 0) is 19.4 Å². The van der Waals surface area contributed by atoms with Crippen LogP contribution in [0.3, 0.4) is 0 Å². The average Bonchev–Trinajstić information content (AvgIpc) is 2.16. The molecule has 0 unspecified atom stereocenters. The molecular weight excluding hydrogens is 162 g/mol. The van der Waals surface area contributed by atoms with Crippen LogP contribution < -0.4 is 5.73 Å². The first-order valence-corrected chi connectivity index (χ1v) is 4.59. The van der Waals surface area contributed by atoms with Crippen molar-refractivity contribution in [2.24, 2.45) is 5.73 Å². The molecule has 1 rings (SSSR count). The maximum atomic E-state index is 5.49. The first kappa shape index (κ1) is 10.2. The second-order valence-electron chi connectivity index (χ2n) is 3.34. The summed E-state index contributed by atoms with van der Waals surface area (Å²) in [6.45, 7) is 5.28. The fourth-order valence-corrected chi connectivity index (χ4v) is 0.991. The second kappa shape index (κ2) is 5.00. The molecule has 0 aromatic heterocycles. The summed E-state index contributed by atoms with van der Waals surface area (Å²) in [4.78, 5) is 0. The zero-order chi connectivity index (χ0) is 9.68. The van der Waals surface area contributed by atoms with Gasteiger partial charge in [0, 0.05) is 6.54 Å². The van der Waals surface area contributed by atoms with Crippen LogP contribution in [-0.4, -0.2) is 12.6 Å². The lowest BCUT2D eigenvalue weighted by molar-refractivity contribution is 0.0590. The molecule has 1 atom stereocenters. The van der Waals surface area contributed by atoms with E-state index in [9.17, 15) is 0 Å². The Morgan fingerprint density at radius 3 is 2.46 bits per heavy atom. The minimum atomic E-state index is 0.140. The fraction of sp³-hybridized carbons (Fsp3) is 0.455. The molecule has 0 fully saturated rings. The zero-order valence-electron chi connectivity index (χ0n) is 8.29. The number of ether oxygens (including phenoxy) is 1. The zero-order valence-corrected chi connectivity index (χ0v) is 8.29. The number of benzene rings is 1. The average molecular weight is 179 g/mol. The number of hydrogen-bond acceptors (Lipinski definition) is 2. The van der Waals surface area contributed by atoms with Crippen LogP contribution in [0.5, 0.6) is 0 Å². The maximum Gasteiger partial charge on any atom is 0.0721 e. The summed E-state index contributed by atoms with van der Waals surface area (Å²) in [6.07, 6.45) is 0.140. The minimum Gasteiger partial charge on any atom is -0.373 e. The molecule has 0 saturated carbocycles. The molecule has 1 aromatic rings. The summed E-state index contributed by atoms with van der Waals surface area (Å²) in [5, 5.41) is 0. The van der Waals surface area contributed by atoms with Gasteiger partial charge in [0.15, 0.2) is 0 Å². The van der Waals surface area contributed by atoms with Crippen LogP contribution in [0.4, 0.5) is 0 Å². The molecule has 13 heavy (non-hydrogen) atoms. The van der Waals surface area contributed by atoms with Crippen molar-refractivity contribution in [3.8, 4) is 0 Å². The molecule has 0 radical (unpaired) electrons. The van der Waals surface area contributed by atoms with Crippen molar-refractivity contribution in [1.29, 1.82) is 0 Å². The Morgan fingerprint density at radius 1 is 1.31 bits per heavy atom. The molecule has 0 aliphatic carbocycles. The number of aryl methyl sites for hydroxylation is 1. The standard InChI is InChI=1S/C11H17NO/c1-9-3-5-11(6-4-9)8-13-10(2)7-12/h3-6,10H,7-8,12H2,1-2H3/t10-/m0/s1.